The van der Waals surface area contributed by atoms with Crippen LogP contribution in [0.2, 0.25) is 5.15 Å². The lowest BCUT2D eigenvalue weighted by Gasteiger charge is -2.35. The molecule has 1 fully saturated rings. The lowest BCUT2D eigenvalue weighted by atomic mass is 9.66. The van der Waals surface area contributed by atoms with Crippen LogP contribution < -0.4 is 4.74 Å². The monoisotopic (exact) mass is 308 g/mol. The molecule has 1 aromatic rings. The number of hydrogen-bond donors (Lipinski definition) is 0. The van der Waals surface area contributed by atoms with E-state index in [0.717, 1.165) is 18.4 Å². The van der Waals surface area contributed by atoms with Gasteiger partial charge in [0.1, 0.15) is 0 Å². The Kier molecular flexibility index (Phi) is 4.46. The molecule has 1 aliphatic rings. The molecule has 1 heterocycles. The summed E-state index contributed by atoms with van der Waals surface area (Å²) in [5.41, 5.74) is -0.0569. The van der Waals surface area contributed by atoms with E-state index < -0.39 is 5.54 Å². The predicted molar refractivity (Wildman–Crippen MR) is 82.2 cm³/mol. The number of hydrogen-bond acceptors (Lipinski definition) is 3. The minimum atomic E-state index is -0.650. The van der Waals surface area contributed by atoms with Gasteiger partial charge in [0.25, 0.3) is 5.54 Å². The van der Waals surface area contributed by atoms with E-state index in [4.69, 9.17) is 27.6 Å². The molecule has 0 spiro atoms. The SMILES string of the molecule is [C-]#[N+]C(c1ccnc(Cl)c1OCOC)(C1CC1)C(C)(C)C. The highest BCUT2D eigenvalue weighted by Crippen LogP contribution is 2.59. The summed E-state index contributed by atoms with van der Waals surface area (Å²) in [6, 6.07) is 1.86. The fourth-order valence-corrected chi connectivity index (χ4v) is 3.25. The molecule has 21 heavy (non-hydrogen) atoms. The van der Waals surface area contributed by atoms with Crippen LogP contribution in [0.3, 0.4) is 0 Å². The van der Waals surface area contributed by atoms with E-state index in [0.29, 0.717) is 11.7 Å². The zero-order valence-electron chi connectivity index (χ0n) is 12.9. The van der Waals surface area contributed by atoms with Gasteiger partial charge in [-0.3, -0.25) is 0 Å². The summed E-state index contributed by atoms with van der Waals surface area (Å²) < 4.78 is 10.6. The van der Waals surface area contributed by atoms with Crippen LogP contribution in [-0.2, 0) is 10.3 Å². The quantitative estimate of drug-likeness (QED) is 0.462. The molecule has 1 saturated carbocycles. The normalized spacial score (nSPS) is 17.9. The Morgan fingerprint density at radius 1 is 1.43 bits per heavy atom. The zero-order valence-corrected chi connectivity index (χ0v) is 13.7. The van der Waals surface area contributed by atoms with Crippen molar-refractivity contribution in [2.45, 2.75) is 39.2 Å². The van der Waals surface area contributed by atoms with Gasteiger partial charge in [0, 0.05) is 24.6 Å². The van der Waals surface area contributed by atoms with Gasteiger partial charge in [-0.25, -0.2) is 11.6 Å². The van der Waals surface area contributed by atoms with Crippen LogP contribution in [0.1, 0.15) is 39.2 Å². The van der Waals surface area contributed by atoms with Crippen LogP contribution in [-0.4, -0.2) is 18.9 Å². The van der Waals surface area contributed by atoms with Crippen LogP contribution in [0.25, 0.3) is 4.85 Å². The van der Waals surface area contributed by atoms with Crippen LogP contribution in [0, 0.1) is 17.9 Å². The Bertz CT molecular complexity index is 558. The number of methoxy groups -OCH3 is 1. The molecule has 2 rings (SSSR count). The van der Waals surface area contributed by atoms with Gasteiger partial charge in [0.2, 0.25) is 0 Å². The average molecular weight is 309 g/mol. The van der Waals surface area contributed by atoms with Crippen molar-refractivity contribution >= 4 is 11.6 Å². The highest BCUT2D eigenvalue weighted by atomic mass is 35.5. The van der Waals surface area contributed by atoms with Crippen LogP contribution in [0.4, 0.5) is 0 Å². The van der Waals surface area contributed by atoms with Crippen LogP contribution in [0.15, 0.2) is 12.3 Å². The molecule has 0 aromatic carbocycles. The Labute approximate surface area is 131 Å². The van der Waals surface area contributed by atoms with Crippen LogP contribution >= 0.6 is 11.6 Å². The largest absolute Gasteiger partial charge is 0.464 e. The highest BCUT2D eigenvalue weighted by Gasteiger charge is 2.62. The summed E-state index contributed by atoms with van der Waals surface area (Å²) in [7, 11) is 1.55. The number of aromatic nitrogens is 1. The molecule has 1 atom stereocenters. The summed E-state index contributed by atoms with van der Waals surface area (Å²) in [6.45, 7) is 14.3. The molecule has 0 N–H and O–H groups in total. The molecule has 0 aliphatic heterocycles. The second kappa shape index (κ2) is 5.82. The van der Waals surface area contributed by atoms with E-state index in [1.807, 2.05) is 6.07 Å². The Balaban J connectivity index is 2.61. The standard InChI is InChI=1S/C16H21ClN2O2/c1-15(2,3)16(18-4,11-6-7-11)12-8-9-19-14(17)13(12)21-10-20-5/h8-9,11H,6-7,10H2,1-3,5H3. The minimum Gasteiger partial charge on any atom is -0.464 e. The third-order valence-electron chi connectivity index (χ3n) is 4.08. The number of ether oxygens (including phenoxy) is 2. The average Bonchev–Trinajstić information content (AvgIpc) is 3.23. The van der Waals surface area contributed by atoms with Crippen molar-refractivity contribution in [3.8, 4) is 5.75 Å². The van der Waals surface area contributed by atoms with E-state index in [1.54, 1.807) is 13.3 Å². The second-order valence-electron chi connectivity index (χ2n) is 6.43. The Morgan fingerprint density at radius 2 is 2.10 bits per heavy atom. The molecule has 5 heteroatoms. The van der Waals surface area contributed by atoms with Crippen molar-refractivity contribution < 1.29 is 9.47 Å². The number of rotatable bonds is 5. The molecule has 0 amide bonds. The lowest BCUT2D eigenvalue weighted by molar-refractivity contribution is 0.0479. The number of nitrogens with zero attached hydrogens (tertiary/aromatic N) is 2. The molecule has 1 aromatic heterocycles. The minimum absolute atomic E-state index is 0.0846. The zero-order chi connectivity index (χ0) is 15.7. The molecule has 114 valence electrons. The van der Waals surface area contributed by atoms with Crippen molar-refractivity contribution in [2.24, 2.45) is 11.3 Å². The summed E-state index contributed by atoms with van der Waals surface area (Å²) in [5, 5.41) is 0.280. The Hall–Kier alpha value is -1.31. The maximum Gasteiger partial charge on any atom is 0.268 e. The third-order valence-corrected chi connectivity index (χ3v) is 4.35. The first kappa shape index (κ1) is 16.1. The third kappa shape index (κ3) is 2.73. The first-order valence-corrected chi connectivity index (χ1v) is 7.41. The van der Waals surface area contributed by atoms with Crippen molar-refractivity contribution in [3.05, 3.63) is 34.4 Å². The smallest absolute Gasteiger partial charge is 0.268 e. The van der Waals surface area contributed by atoms with Crippen molar-refractivity contribution in [3.63, 3.8) is 0 Å². The fourth-order valence-electron chi connectivity index (χ4n) is 3.03. The second-order valence-corrected chi connectivity index (χ2v) is 6.79. The van der Waals surface area contributed by atoms with Gasteiger partial charge in [0.15, 0.2) is 17.7 Å². The number of halogens is 1. The van der Waals surface area contributed by atoms with Gasteiger partial charge in [-0.2, -0.15) is 0 Å². The van der Waals surface area contributed by atoms with Crippen molar-refractivity contribution in [1.82, 2.24) is 4.98 Å². The molecule has 4 nitrogen and oxygen atoms in total. The van der Waals surface area contributed by atoms with E-state index in [9.17, 15) is 0 Å². The maximum absolute atomic E-state index is 7.89. The molecule has 0 radical (unpaired) electrons. The molecular weight excluding hydrogens is 288 g/mol. The fraction of sp³-hybridized carbons (Fsp3) is 0.625. The molecule has 1 aliphatic carbocycles. The van der Waals surface area contributed by atoms with E-state index in [-0.39, 0.29) is 17.4 Å². The first-order valence-electron chi connectivity index (χ1n) is 7.03. The molecular formula is C16H21ClN2O2. The summed E-state index contributed by atoms with van der Waals surface area (Å²) in [5.74, 6) is 0.803. The maximum atomic E-state index is 7.89. The van der Waals surface area contributed by atoms with Gasteiger partial charge in [-0.15, -0.1) is 0 Å². The molecule has 0 bridgehead atoms. The summed E-state index contributed by atoms with van der Waals surface area (Å²) >= 11 is 6.21. The van der Waals surface area contributed by atoms with Crippen molar-refractivity contribution in [2.75, 3.05) is 13.9 Å². The molecule has 1 unspecified atom stereocenters. The van der Waals surface area contributed by atoms with Crippen LogP contribution in [0.5, 0.6) is 5.75 Å². The van der Waals surface area contributed by atoms with Gasteiger partial charge in [-0.05, 0) is 18.9 Å². The predicted octanol–water partition coefficient (Wildman–Crippen LogP) is 4.29. The number of pyridine rings is 1. The van der Waals surface area contributed by atoms with E-state index >= 15 is 0 Å². The van der Waals surface area contributed by atoms with Gasteiger partial charge < -0.3 is 14.3 Å². The Morgan fingerprint density at radius 3 is 2.57 bits per heavy atom. The van der Waals surface area contributed by atoms with E-state index in [1.165, 1.54) is 0 Å². The molecule has 0 saturated heterocycles. The summed E-state index contributed by atoms with van der Waals surface area (Å²) in [6.07, 6.45) is 3.76. The lowest BCUT2D eigenvalue weighted by Crippen LogP contribution is -2.39. The van der Waals surface area contributed by atoms with Gasteiger partial charge in [0.05, 0.1) is 5.56 Å². The summed E-state index contributed by atoms with van der Waals surface area (Å²) in [4.78, 5) is 8.16. The van der Waals surface area contributed by atoms with Gasteiger partial charge >= 0.3 is 0 Å². The highest BCUT2D eigenvalue weighted by molar-refractivity contribution is 6.31. The first-order chi connectivity index (χ1) is 9.88. The van der Waals surface area contributed by atoms with Gasteiger partial charge in [-0.1, -0.05) is 32.4 Å². The van der Waals surface area contributed by atoms with Crippen molar-refractivity contribution in [1.29, 1.82) is 0 Å². The van der Waals surface area contributed by atoms with E-state index in [2.05, 4.69) is 30.6 Å². The topological polar surface area (TPSA) is 35.7 Å².